The van der Waals surface area contributed by atoms with E-state index in [1.807, 2.05) is 36.4 Å². The van der Waals surface area contributed by atoms with Crippen LogP contribution in [0.5, 0.6) is 17.2 Å². The quantitative estimate of drug-likeness (QED) is 0.541. The summed E-state index contributed by atoms with van der Waals surface area (Å²) in [6.07, 6.45) is -0.148. The van der Waals surface area contributed by atoms with Crippen LogP contribution in [0, 0.1) is 0 Å². The Morgan fingerprint density at radius 1 is 1.03 bits per heavy atom. The van der Waals surface area contributed by atoms with Gasteiger partial charge in [-0.2, -0.15) is 0 Å². The molecule has 0 aromatic heterocycles. The van der Waals surface area contributed by atoms with Crippen LogP contribution in [0.4, 0.5) is 0 Å². The van der Waals surface area contributed by atoms with Gasteiger partial charge < -0.3 is 29.3 Å². The van der Waals surface area contributed by atoms with Crippen molar-refractivity contribution in [3.05, 3.63) is 54.1 Å². The Balaban J connectivity index is 1.15. The number of fused-ring (bicyclic) bond motifs is 1. The van der Waals surface area contributed by atoms with Crippen molar-refractivity contribution >= 4 is 5.91 Å². The van der Waals surface area contributed by atoms with E-state index in [1.54, 1.807) is 12.0 Å². The lowest BCUT2D eigenvalue weighted by Crippen LogP contribution is -3.28. The molecule has 0 unspecified atom stereocenters. The summed E-state index contributed by atoms with van der Waals surface area (Å²) in [7, 11) is 1.69. The van der Waals surface area contributed by atoms with E-state index < -0.39 is 0 Å². The van der Waals surface area contributed by atoms with Crippen molar-refractivity contribution in [2.45, 2.75) is 12.6 Å². The van der Waals surface area contributed by atoms with Gasteiger partial charge >= 0.3 is 0 Å². The predicted octanol–water partition coefficient (Wildman–Crippen LogP) is -1.07. The van der Waals surface area contributed by atoms with E-state index in [4.69, 9.17) is 14.2 Å². The molecule has 0 saturated carbocycles. The Kier molecular flexibility index (Phi) is 6.71. The predicted molar refractivity (Wildman–Crippen MR) is 112 cm³/mol. The molecule has 1 atom stereocenters. The summed E-state index contributed by atoms with van der Waals surface area (Å²) in [6.45, 7) is 6.62. The average Bonchev–Trinajstić information content (AvgIpc) is 2.79. The summed E-state index contributed by atoms with van der Waals surface area (Å²) in [5.41, 5.74) is 1.32. The van der Waals surface area contributed by atoms with Crippen molar-refractivity contribution in [1.82, 2.24) is 5.32 Å². The molecule has 4 rings (SSSR count). The minimum Gasteiger partial charge on any atom is -0.497 e. The van der Waals surface area contributed by atoms with Crippen molar-refractivity contribution in [3.63, 3.8) is 0 Å². The molecule has 1 saturated heterocycles. The lowest BCUT2D eigenvalue weighted by molar-refractivity contribution is -1.02. The van der Waals surface area contributed by atoms with Gasteiger partial charge in [-0.1, -0.05) is 12.1 Å². The largest absolute Gasteiger partial charge is 0.497 e. The second-order valence-corrected chi connectivity index (χ2v) is 8.00. The third kappa shape index (κ3) is 5.43. The van der Waals surface area contributed by atoms with Gasteiger partial charge in [0.15, 0.2) is 18.0 Å². The van der Waals surface area contributed by atoms with Crippen LogP contribution in [0.2, 0.25) is 0 Å². The molecular weight excluding hydrogens is 382 g/mol. The van der Waals surface area contributed by atoms with Crippen molar-refractivity contribution in [2.24, 2.45) is 0 Å². The number of carbonyl (C=O) groups is 1. The first-order valence-electron chi connectivity index (χ1n) is 10.6. The standard InChI is InChI=1S/C23H29N3O4/c1-28-19-8-6-18(7-9-19)15-25-10-12-26(13-11-25)16-23(27)24-14-20-17-29-21-4-2-3-5-22(21)30-20/h2-9,20H,10-17H2,1H3,(H,24,27)/p+2/t20-/m0/s1. The number of hydrogen-bond acceptors (Lipinski definition) is 4. The fraction of sp³-hybridized carbons (Fsp3) is 0.435. The van der Waals surface area contributed by atoms with Crippen LogP contribution in [0.1, 0.15) is 5.56 Å². The van der Waals surface area contributed by atoms with E-state index in [-0.39, 0.29) is 12.0 Å². The zero-order valence-electron chi connectivity index (χ0n) is 17.5. The van der Waals surface area contributed by atoms with Crippen LogP contribution in [-0.4, -0.2) is 65.0 Å². The number of piperazine rings is 1. The number of hydrogen-bond donors (Lipinski definition) is 3. The Morgan fingerprint density at radius 3 is 2.47 bits per heavy atom. The zero-order valence-corrected chi connectivity index (χ0v) is 17.5. The van der Waals surface area contributed by atoms with Gasteiger partial charge in [0.2, 0.25) is 0 Å². The Bertz CT molecular complexity index is 835. The lowest BCUT2D eigenvalue weighted by atomic mass is 10.2. The molecule has 0 aliphatic carbocycles. The Labute approximate surface area is 177 Å². The van der Waals surface area contributed by atoms with Gasteiger partial charge in [-0.3, -0.25) is 4.79 Å². The molecule has 2 aliphatic rings. The maximum absolute atomic E-state index is 12.4. The number of ether oxygens (including phenoxy) is 3. The van der Waals surface area contributed by atoms with Gasteiger partial charge in [0.25, 0.3) is 5.91 Å². The maximum Gasteiger partial charge on any atom is 0.275 e. The lowest BCUT2D eigenvalue weighted by Gasteiger charge is -2.30. The zero-order chi connectivity index (χ0) is 20.8. The number of methoxy groups -OCH3 is 1. The van der Waals surface area contributed by atoms with E-state index in [1.165, 1.54) is 10.5 Å². The molecule has 7 nitrogen and oxygen atoms in total. The molecule has 3 N–H and O–H groups in total. The molecule has 2 heterocycles. The van der Waals surface area contributed by atoms with Crippen molar-refractivity contribution in [2.75, 3.05) is 53.0 Å². The summed E-state index contributed by atoms with van der Waals surface area (Å²) in [4.78, 5) is 15.3. The molecule has 0 radical (unpaired) electrons. The highest BCUT2D eigenvalue weighted by Crippen LogP contribution is 2.30. The van der Waals surface area contributed by atoms with Crippen LogP contribution >= 0.6 is 0 Å². The number of benzene rings is 2. The number of nitrogens with one attached hydrogen (secondary N) is 3. The van der Waals surface area contributed by atoms with Crippen LogP contribution in [0.3, 0.4) is 0 Å². The van der Waals surface area contributed by atoms with E-state index in [9.17, 15) is 4.79 Å². The Hall–Kier alpha value is -2.77. The summed E-state index contributed by atoms with van der Waals surface area (Å²) in [5, 5.41) is 3.01. The van der Waals surface area contributed by atoms with Crippen molar-refractivity contribution in [1.29, 1.82) is 0 Å². The molecule has 2 aliphatic heterocycles. The third-order valence-electron chi connectivity index (χ3n) is 5.78. The van der Waals surface area contributed by atoms with E-state index in [2.05, 4.69) is 17.4 Å². The topological polar surface area (TPSA) is 65.7 Å². The van der Waals surface area contributed by atoms with Gasteiger partial charge in [0.05, 0.1) is 13.7 Å². The highest BCUT2D eigenvalue weighted by Gasteiger charge is 2.26. The summed E-state index contributed by atoms with van der Waals surface area (Å²) in [5.74, 6) is 2.47. The maximum atomic E-state index is 12.4. The summed E-state index contributed by atoms with van der Waals surface area (Å²) >= 11 is 0. The van der Waals surface area contributed by atoms with Crippen molar-refractivity contribution in [3.8, 4) is 17.2 Å². The molecule has 0 spiro atoms. The summed E-state index contributed by atoms with van der Waals surface area (Å²) < 4.78 is 16.8. The number of quaternary nitrogens is 2. The van der Waals surface area contributed by atoms with Gasteiger partial charge in [-0.15, -0.1) is 0 Å². The second kappa shape index (κ2) is 9.82. The molecule has 2 aromatic rings. The number of amides is 1. The normalized spacial score (nSPS) is 22.9. The molecule has 2 aromatic carbocycles. The fourth-order valence-electron chi connectivity index (χ4n) is 4.02. The highest BCUT2D eigenvalue weighted by molar-refractivity contribution is 5.76. The SMILES string of the molecule is COc1ccc(C[NH+]2CC[NH+](CC(=O)NC[C@H]3COc4ccccc4O3)CC2)cc1. The van der Waals surface area contributed by atoms with Gasteiger partial charge in [-0.25, -0.2) is 0 Å². The molecule has 1 fully saturated rings. The van der Waals surface area contributed by atoms with Gasteiger partial charge in [0, 0.05) is 5.56 Å². The summed E-state index contributed by atoms with van der Waals surface area (Å²) in [6, 6.07) is 15.9. The van der Waals surface area contributed by atoms with E-state index in [0.29, 0.717) is 19.7 Å². The molecule has 7 heteroatoms. The molecule has 160 valence electrons. The highest BCUT2D eigenvalue weighted by atomic mass is 16.6. The van der Waals surface area contributed by atoms with Crippen LogP contribution in [0.15, 0.2) is 48.5 Å². The van der Waals surface area contributed by atoms with Gasteiger partial charge in [-0.05, 0) is 36.4 Å². The van der Waals surface area contributed by atoms with Crippen LogP contribution < -0.4 is 29.3 Å². The molecule has 1 amide bonds. The Morgan fingerprint density at radius 2 is 1.73 bits per heavy atom. The smallest absolute Gasteiger partial charge is 0.275 e. The second-order valence-electron chi connectivity index (χ2n) is 8.00. The van der Waals surface area contributed by atoms with E-state index in [0.717, 1.165) is 50.0 Å². The monoisotopic (exact) mass is 413 g/mol. The molecular formula is C23H31N3O4+2. The number of carbonyl (C=O) groups excluding carboxylic acids is 1. The number of rotatable bonds is 7. The minimum atomic E-state index is -0.148. The first-order chi connectivity index (χ1) is 14.7. The average molecular weight is 414 g/mol. The first kappa shape index (κ1) is 20.5. The number of para-hydroxylation sites is 2. The first-order valence-corrected chi connectivity index (χ1v) is 10.6. The van der Waals surface area contributed by atoms with Crippen LogP contribution in [-0.2, 0) is 11.3 Å². The van der Waals surface area contributed by atoms with Crippen molar-refractivity contribution < 1.29 is 28.8 Å². The molecule has 30 heavy (non-hydrogen) atoms. The molecule has 0 bridgehead atoms. The third-order valence-corrected chi connectivity index (χ3v) is 5.78. The van der Waals surface area contributed by atoms with Crippen LogP contribution in [0.25, 0.3) is 0 Å². The van der Waals surface area contributed by atoms with Gasteiger partial charge in [0.1, 0.15) is 51.2 Å². The van der Waals surface area contributed by atoms with E-state index >= 15 is 0 Å². The fourth-order valence-corrected chi connectivity index (χ4v) is 4.02. The minimum absolute atomic E-state index is 0.0751.